The highest BCUT2D eigenvalue weighted by Crippen LogP contribution is 2.16. The van der Waals surface area contributed by atoms with E-state index in [0.717, 1.165) is 11.0 Å². The summed E-state index contributed by atoms with van der Waals surface area (Å²) in [4.78, 5) is 11.2. The molecule has 0 unspecified atom stereocenters. The molecule has 0 amide bonds. The maximum absolute atomic E-state index is 11.2. The van der Waals surface area contributed by atoms with Crippen molar-refractivity contribution in [3.05, 3.63) is 36.9 Å². The van der Waals surface area contributed by atoms with Crippen molar-refractivity contribution in [3.8, 4) is 0 Å². The van der Waals surface area contributed by atoms with Gasteiger partial charge >= 0.3 is 0 Å². The van der Waals surface area contributed by atoms with E-state index in [1.807, 2.05) is 24.3 Å². The molecule has 11 heavy (non-hydrogen) atoms. The maximum Gasteiger partial charge on any atom is 0.254 e. The fraction of sp³-hybridized carbons (Fsp3) is 0. The number of carbonyl (C=O) groups excluding carboxylic acids is 1. The molecule has 0 spiro atoms. The van der Waals surface area contributed by atoms with E-state index in [4.69, 9.17) is 0 Å². The molecule has 0 aromatic carbocycles. The Morgan fingerprint density at radius 3 is 2.09 bits per heavy atom. The van der Waals surface area contributed by atoms with Crippen molar-refractivity contribution in [2.75, 3.05) is 0 Å². The van der Waals surface area contributed by atoms with Gasteiger partial charge in [0.05, 0.1) is 0 Å². The number of nitrogens with zero attached hydrogens (tertiary/aromatic N) is 1. The Balaban J connectivity index is 2.70. The van der Waals surface area contributed by atoms with Crippen LogP contribution in [0.4, 0.5) is 0 Å². The van der Waals surface area contributed by atoms with Crippen LogP contribution in [0.15, 0.2) is 36.9 Å². The number of fused-ring (bicyclic) bond motifs is 2. The third-order valence-electron chi connectivity index (χ3n) is 1.76. The molecule has 0 aliphatic carbocycles. The number of hydrogen-bond acceptors (Lipinski definition) is 1. The quantitative estimate of drug-likeness (QED) is 0.562. The highest BCUT2D eigenvalue weighted by Gasteiger charge is 2.07. The minimum Gasteiger partial charge on any atom is -0.278 e. The minimum atomic E-state index is -0.0648. The highest BCUT2D eigenvalue weighted by atomic mass is 16.1. The van der Waals surface area contributed by atoms with Gasteiger partial charge in [0, 0.05) is 11.0 Å². The Bertz CT molecular complexity index is 351. The van der Waals surface area contributed by atoms with Gasteiger partial charge in [-0.05, 0) is 30.3 Å². The first-order valence-corrected chi connectivity index (χ1v) is 3.39. The second-order valence-electron chi connectivity index (χ2n) is 2.39. The fourth-order valence-corrected chi connectivity index (χ4v) is 1.25. The van der Waals surface area contributed by atoms with Crippen LogP contribution in [0.2, 0.25) is 0 Å². The van der Waals surface area contributed by atoms with E-state index in [1.54, 1.807) is 4.57 Å². The molecule has 0 saturated heterocycles. The SMILES string of the molecule is C=CC(=O)n1c2ccc1cc2. The normalized spacial score (nSPS) is 10.5. The predicted octanol–water partition coefficient (Wildman–Crippen LogP) is 1.91. The topological polar surface area (TPSA) is 22.0 Å². The largest absolute Gasteiger partial charge is 0.278 e. The standard InChI is InChI=1S/C9H7NO/c1-2-9(11)10-7-3-4-8(10)6-5-7/h2-6H,1H2. The van der Waals surface area contributed by atoms with Gasteiger partial charge < -0.3 is 0 Å². The van der Waals surface area contributed by atoms with Crippen LogP contribution in [0.25, 0.3) is 11.0 Å². The van der Waals surface area contributed by atoms with E-state index in [2.05, 4.69) is 6.58 Å². The van der Waals surface area contributed by atoms with Gasteiger partial charge in [0.15, 0.2) is 0 Å². The van der Waals surface area contributed by atoms with Crippen LogP contribution in [0.5, 0.6) is 0 Å². The Hall–Kier alpha value is -1.57. The van der Waals surface area contributed by atoms with Gasteiger partial charge in [-0.3, -0.25) is 9.36 Å². The first-order valence-electron chi connectivity index (χ1n) is 3.39. The van der Waals surface area contributed by atoms with E-state index in [0.29, 0.717) is 0 Å². The maximum atomic E-state index is 11.2. The Labute approximate surface area is 64.1 Å². The number of benzene rings is 1. The zero-order valence-corrected chi connectivity index (χ0v) is 5.95. The molecule has 0 aliphatic heterocycles. The smallest absolute Gasteiger partial charge is 0.254 e. The Morgan fingerprint density at radius 2 is 1.73 bits per heavy atom. The minimum absolute atomic E-state index is 0.0648. The Morgan fingerprint density at radius 1 is 1.27 bits per heavy atom. The summed E-state index contributed by atoms with van der Waals surface area (Å²) in [5.41, 5.74) is 1.87. The second kappa shape index (κ2) is 1.95. The van der Waals surface area contributed by atoms with Crippen molar-refractivity contribution in [3.63, 3.8) is 0 Å². The van der Waals surface area contributed by atoms with Gasteiger partial charge in [-0.25, -0.2) is 0 Å². The summed E-state index contributed by atoms with van der Waals surface area (Å²) in [6.07, 6.45) is 1.32. The molecule has 0 atom stereocenters. The number of aromatic nitrogens is 1. The molecule has 0 radical (unpaired) electrons. The Kier molecular flexibility index (Phi) is 1.09. The van der Waals surface area contributed by atoms with Crippen LogP contribution < -0.4 is 0 Å². The summed E-state index contributed by atoms with van der Waals surface area (Å²) < 4.78 is 1.63. The molecule has 2 nitrogen and oxygen atoms in total. The van der Waals surface area contributed by atoms with Gasteiger partial charge in [-0.1, -0.05) is 6.58 Å². The lowest BCUT2D eigenvalue weighted by Crippen LogP contribution is -2.03. The summed E-state index contributed by atoms with van der Waals surface area (Å²) in [7, 11) is 0. The molecule has 2 aromatic heterocycles. The summed E-state index contributed by atoms with van der Waals surface area (Å²) in [6, 6.07) is 7.65. The van der Waals surface area contributed by atoms with Crippen molar-refractivity contribution in [2.24, 2.45) is 0 Å². The molecule has 54 valence electrons. The van der Waals surface area contributed by atoms with Crippen molar-refractivity contribution in [1.29, 1.82) is 0 Å². The van der Waals surface area contributed by atoms with Crippen LogP contribution in [-0.4, -0.2) is 10.5 Å². The van der Waals surface area contributed by atoms with Crippen molar-refractivity contribution in [2.45, 2.75) is 0 Å². The molecular formula is C9H7NO. The van der Waals surface area contributed by atoms with E-state index >= 15 is 0 Å². The van der Waals surface area contributed by atoms with Gasteiger partial charge in [-0.2, -0.15) is 0 Å². The molecule has 2 bridgehead atoms. The van der Waals surface area contributed by atoms with Crippen LogP contribution in [0, 0.1) is 0 Å². The molecular weight excluding hydrogens is 138 g/mol. The van der Waals surface area contributed by atoms with Gasteiger partial charge in [0.1, 0.15) is 0 Å². The van der Waals surface area contributed by atoms with E-state index in [-0.39, 0.29) is 5.91 Å². The zero-order chi connectivity index (χ0) is 7.84. The van der Waals surface area contributed by atoms with Gasteiger partial charge in [0.25, 0.3) is 5.91 Å². The zero-order valence-electron chi connectivity index (χ0n) is 5.95. The van der Waals surface area contributed by atoms with Crippen molar-refractivity contribution < 1.29 is 4.79 Å². The lowest BCUT2D eigenvalue weighted by Gasteiger charge is -1.94. The fourth-order valence-electron chi connectivity index (χ4n) is 1.25. The first-order chi connectivity index (χ1) is 5.33. The molecule has 0 N–H and O–H groups in total. The second-order valence-corrected chi connectivity index (χ2v) is 2.39. The van der Waals surface area contributed by atoms with Crippen LogP contribution in [0.1, 0.15) is 4.79 Å². The molecule has 2 aromatic rings. The lowest BCUT2D eigenvalue weighted by molar-refractivity contribution is 0.0979. The number of hydrogen-bond donors (Lipinski definition) is 0. The summed E-state index contributed by atoms with van der Waals surface area (Å²) in [5.74, 6) is -0.0648. The van der Waals surface area contributed by atoms with E-state index in [9.17, 15) is 4.79 Å². The van der Waals surface area contributed by atoms with Crippen LogP contribution in [-0.2, 0) is 0 Å². The van der Waals surface area contributed by atoms with Gasteiger partial charge in [-0.15, -0.1) is 0 Å². The van der Waals surface area contributed by atoms with E-state index in [1.165, 1.54) is 6.08 Å². The summed E-state index contributed by atoms with van der Waals surface area (Å²) in [6.45, 7) is 3.43. The molecule has 2 heterocycles. The number of allylic oxidation sites excluding steroid dienone is 1. The first kappa shape index (κ1) is 6.16. The van der Waals surface area contributed by atoms with Crippen LogP contribution >= 0.6 is 0 Å². The molecule has 2 rings (SSSR count). The van der Waals surface area contributed by atoms with Crippen LogP contribution in [0.3, 0.4) is 0 Å². The van der Waals surface area contributed by atoms with E-state index < -0.39 is 0 Å². The van der Waals surface area contributed by atoms with Gasteiger partial charge in [0.2, 0.25) is 0 Å². The predicted molar refractivity (Wildman–Crippen MR) is 43.9 cm³/mol. The summed E-state index contributed by atoms with van der Waals surface area (Å²) in [5, 5.41) is 0. The lowest BCUT2D eigenvalue weighted by atomic mass is 10.4. The molecule has 2 heteroatoms. The van der Waals surface area contributed by atoms with Crippen molar-refractivity contribution in [1.82, 2.24) is 4.57 Å². The summed E-state index contributed by atoms with van der Waals surface area (Å²) >= 11 is 0. The monoisotopic (exact) mass is 145 g/mol. The number of rotatable bonds is 1. The number of carbonyl (C=O) groups is 1. The average Bonchev–Trinajstić information content (AvgIpc) is 2.61. The van der Waals surface area contributed by atoms with Crippen molar-refractivity contribution >= 4 is 16.9 Å². The molecule has 0 aliphatic rings. The third kappa shape index (κ3) is 0.693. The highest BCUT2D eigenvalue weighted by molar-refractivity contribution is 5.98. The average molecular weight is 145 g/mol. The molecule has 0 fully saturated rings. The third-order valence-corrected chi connectivity index (χ3v) is 1.76. The molecule has 0 saturated carbocycles.